The molecule has 8 nitrogen and oxygen atoms in total. The number of carbonyl (C=O) groups is 1. The van der Waals surface area contributed by atoms with E-state index in [2.05, 4.69) is 32.4 Å². The highest BCUT2D eigenvalue weighted by Gasteiger charge is 2.33. The number of carbonyl (C=O) groups excluding carboxylic acids is 1. The fraction of sp³-hybridized carbons (Fsp3) is 0.588. The third-order valence-electron chi connectivity index (χ3n) is 4.71. The van der Waals surface area contributed by atoms with Crippen LogP contribution in [0.15, 0.2) is 18.7 Å². The third kappa shape index (κ3) is 3.59. The number of aromatic nitrogens is 4. The van der Waals surface area contributed by atoms with E-state index in [0.29, 0.717) is 18.7 Å². The first-order valence-corrected chi connectivity index (χ1v) is 8.58. The van der Waals surface area contributed by atoms with Crippen LogP contribution in [0.25, 0.3) is 0 Å². The molecule has 0 saturated carbocycles. The molecule has 0 radical (unpaired) electrons. The standard InChI is InChI=1S/C17H26N6O2/c1-11(2)15-12(7-20-21-15)17(24)19-9-14-16(22(3)5-6-25-14)13-8-18-10-23(13)4/h7-8,10-11,14,16H,5-6,9H2,1-4H3,(H,19,24)(H,20,21)/t14-,16-/m0/s1. The third-order valence-corrected chi connectivity index (χ3v) is 4.71. The summed E-state index contributed by atoms with van der Waals surface area (Å²) in [5, 5.41) is 9.91. The number of morpholine rings is 1. The molecule has 136 valence electrons. The topological polar surface area (TPSA) is 88.1 Å². The second-order valence-electron chi connectivity index (χ2n) is 6.83. The Kier molecular flexibility index (Phi) is 5.19. The molecule has 0 unspecified atom stereocenters. The maximum absolute atomic E-state index is 12.6. The number of hydrogen-bond acceptors (Lipinski definition) is 5. The van der Waals surface area contributed by atoms with Crippen molar-refractivity contribution < 1.29 is 9.53 Å². The van der Waals surface area contributed by atoms with Gasteiger partial charge < -0.3 is 14.6 Å². The minimum Gasteiger partial charge on any atom is -0.373 e. The molecule has 1 saturated heterocycles. The first-order valence-electron chi connectivity index (χ1n) is 8.58. The van der Waals surface area contributed by atoms with Crippen LogP contribution in [0.4, 0.5) is 0 Å². The average molecular weight is 346 g/mol. The van der Waals surface area contributed by atoms with Crippen molar-refractivity contribution in [2.75, 3.05) is 26.7 Å². The Morgan fingerprint density at radius 3 is 2.92 bits per heavy atom. The minimum atomic E-state index is -0.132. The van der Waals surface area contributed by atoms with Gasteiger partial charge in [-0.15, -0.1) is 0 Å². The highest BCUT2D eigenvalue weighted by molar-refractivity contribution is 5.95. The quantitative estimate of drug-likeness (QED) is 0.845. The fourth-order valence-corrected chi connectivity index (χ4v) is 3.31. The lowest BCUT2D eigenvalue weighted by molar-refractivity contribution is -0.0626. The van der Waals surface area contributed by atoms with Crippen LogP contribution in [-0.2, 0) is 11.8 Å². The zero-order chi connectivity index (χ0) is 18.0. The molecule has 1 amide bonds. The number of imidazole rings is 1. The zero-order valence-corrected chi connectivity index (χ0v) is 15.2. The normalized spacial score (nSPS) is 21.6. The summed E-state index contributed by atoms with van der Waals surface area (Å²) in [7, 11) is 4.04. The number of rotatable bonds is 5. The smallest absolute Gasteiger partial charge is 0.254 e. The van der Waals surface area contributed by atoms with E-state index in [1.807, 2.05) is 31.7 Å². The van der Waals surface area contributed by atoms with Crippen molar-refractivity contribution in [2.45, 2.75) is 31.9 Å². The summed E-state index contributed by atoms with van der Waals surface area (Å²) in [6.07, 6.45) is 5.09. The summed E-state index contributed by atoms with van der Waals surface area (Å²) < 4.78 is 7.96. The molecule has 0 aromatic carbocycles. The van der Waals surface area contributed by atoms with Gasteiger partial charge in [0.15, 0.2) is 0 Å². The molecule has 0 aliphatic carbocycles. The van der Waals surface area contributed by atoms with Gasteiger partial charge >= 0.3 is 0 Å². The van der Waals surface area contributed by atoms with E-state index in [1.165, 1.54) is 0 Å². The Balaban J connectivity index is 1.71. The summed E-state index contributed by atoms with van der Waals surface area (Å²) in [6, 6.07) is 0.0514. The molecule has 3 rings (SSSR count). The predicted molar refractivity (Wildman–Crippen MR) is 93.3 cm³/mol. The van der Waals surface area contributed by atoms with Crippen LogP contribution in [-0.4, -0.2) is 63.4 Å². The number of ether oxygens (including phenoxy) is 1. The molecule has 2 N–H and O–H groups in total. The zero-order valence-electron chi connectivity index (χ0n) is 15.2. The van der Waals surface area contributed by atoms with Gasteiger partial charge in [0.25, 0.3) is 5.91 Å². The molecular formula is C17H26N6O2. The monoisotopic (exact) mass is 346 g/mol. The lowest BCUT2D eigenvalue weighted by Crippen LogP contribution is -2.48. The van der Waals surface area contributed by atoms with E-state index in [-0.39, 0.29) is 24.0 Å². The minimum absolute atomic E-state index is 0.0514. The van der Waals surface area contributed by atoms with Crippen LogP contribution >= 0.6 is 0 Å². The van der Waals surface area contributed by atoms with Gasteiger partial charge in [-0.1, -0.05) is 13.8 Å². The Morgan fingerprint density at radius 1 is 1.44 bits per heavy atom. The van der Waals surface area contributed by atoms with Gasteiger partial charge in [-0.05, 0) is 13.0 Å². The fourth-order valence-electron chi connectivity index (χ4n) is 3.31. The summed E-state index contributed by atoms with van der Waals surface area (Å²) in [5.41, 5.74) is 2.52. The number of likely N-dealkylation sites (N-methyl/N-ethyl adjacent to an activating group) is 1. The molecule has 8 heteroatoms. The van der Waals surface area contributed by atoms with E-state index in [0.717, 1.165) is 17.9 Å². The van der Waals surface area contributed by atoms with Gasteiger partial charge in [0, 0.05) is 26.3 Å². The molecule has 2 aromatic heterocycles. The summed E-state index contributed by atoms with van der Waals surface area (Å²) in [6.45, 7) is 5.99. The molecule has 1 aliphatic rings. The van der Waals surface area contributed by atoms with Crippen molar-refractivity contribution >= 4 is 5.91 Å². The average Bonchev–Trinajstić information content (AvgIpc) is 3.22. The van der Waals surface area contributed by atoms with Gasteiger partial charge in [-0.25, -0.2) is 4.98 Å². The lowest BCUT2D eigenvalue weighted by Gasteiger charge is -2.39. The van der Waals surface area contributed by atoms with Crippen molar-refractivity contribution in [3.8, 4) is 0 Å². The van der Waals surface area contributed by atoms with Crippen molar-refractivity contribution in [1.29, 1.82) is 0 Å². The van der Waals surface area contributed by atoms with E-state index < -0.39 is 0 Å². The lowest BCUT2D eigenvalue weighted by atomic mass is 10.0. The molecule has 0 spiro atoms. The molecule has 3 heterocycles. The van der Waals surface area contributed by atoms with Gasteiger partial charge in [0.05, 0.1) is 48.2 Å². The van der Waals surface area contributed by atoms with Crippen molar-refractivity contribution in [1.82, 2.24) is 30.0 Å². The second-order valence-corrected chi connectivity index (χ2v) is 6.83. The van der Waals surface area contributed by atoms with Gasteiger partial charge in [0.2, 0.25) is 0 Å². The van der Waals surface area contributed by atoms with Crippen LogP contribution in [0.3, 0.4) is 0 Å². The SMILES string of the molecule is CC(C)c1[nH]ncc1C(=O)NC[C@@H]1OCCN(C)[C@H]1c1cncn1C. The first-order chi connectivity index (χ1) is 12.0. The van der Waals surface area contributed by atoms with E-state index in [9.17, 15) is 4.79 Å². The van der Waals surface area contributed by atoms with Crippen LogP contribution < -0.4 is 5.32 Å². The number of nitrogens with one attached hydrogen (secondary N) is 2. The van der Waals surface area contributed by atoms with E-state index in [1.54, 1.807) is 12.5 Å². The van der Waals surface area contributed by atoms with Crippen LogP contribution in [0.1, 0.15) is 47.6 Å². The van der Waals surface area contributed by atoms with Gasteiger partial charge in [0.1, 0.15) is 0 Å². The molecule has 0 bridgehead atoms. The Bertz CT molecular complexity index is 722. The maximum atomic E-state index is 12.6. The van der Waals surface area contributed by atoms with Crippen LogP contribution in [0.2, 0.25) is 0 Å². The second kappa shape index (κ2) is 7.37. The largest absolute Gasteiger partial charge is 0.373 e. The van der Waals surface area contributed by atoms with Gasteiger partial charge in [-0.3, -0.25) is 14.8 Å². The van der Waals surface area contributed by atoms with E-state index in [4.69, 9.17) is 4.74 Å². The molecule has 1 fully saturated rings. The van der Waals surface area contributed by atoms with Crippen LogP contribution in [0.5, 0.6) is 0 Å². The van der Waals surface area contributed by atoms with Crippen molar-refractivity contribution in [2.24, 2.45) is 7.05 Å². The molecule has 25 heavy (non-hydrogen) atoms. The highest BCUT2D eigenvalue weighted by atomic mass is 16.5. The number of H-pyrrole nitrogens is 1. The Hall–Kier alpha value is -2.19. The maximum Gasteiger partial charge on any atom is 0.254 e. The van der Waals surface area contributed by atoms with E-state index >= 15 is 0 Å². The molecule has 1 aliphatic heterocycles. The van der Waals surface area contributed by atoms with Crippen molar-refractivity contribution in [3.63, 3.8) is 0 Å². The highest BCUT2D eigenvalue weighted by Crippen LogP contribution is 2.27. The van der Waals surface area contributed by atoms with Crippen LogP contribution in [0, 0.1) is 0 Å². The molecule has 2 atom stereocenters. The molecular weight excluding hydrogens is 320 g/mol. The summed E-state index contributed by atoms with van der Waals surface area (Å²) in [4.78, 5) is 19.0. The number of nitrogens with zero attached hydrogens (tertiary/aromatic N) is 4. The number of aromatic amines is 1. The predicted octanol–water partition coefficient (Wildman–Crippen LogP) is 1.07. The van der Waals surface area contributed by atoms with Crippen molar-refractivity contribution in [3.05, 3.63) is 35.7 Å². The Labute approximate surface area is 147 Å². The molecule has 2 aromatic rings. The number of amides is 1. The summed E-state index contributed by atoms with van der Waals surface area (Å²) in [5.74, 6) is 0.0838. The Morgan fingerprint density at radius 2 is 2.24 bits per heavy atom. The first kappa shape index (κ1) is 17.6. The number of aryl methyl sites for hydroxylation is 1. The summed E-state index contributed by atoms with van der Waals surface area (Å²) >= 11 is 0. The number of hydrogen-bond donors (Lipinski definition) is 2. The van der Waals surface area contributed by atoms with Gasteiger partial charge in [-0.2, -0.15) is 5.10 Å².